The topological polar surface area (TPSA) is 15.3 Å². The standard InChI is InChI=1S/C12H16N2S/c1-14(9-10-7-8-10)12(15)13-11-5-3-2-4-6-11/h2-6,10H,7-9H2,1H3,(H,13,15). The Bertz CT molecular complexity index is 333. The summed E-state index contributed by atoms with van der Waals surface area (Å²) in [7, 11) is 2.05. The third kappa shape index (κ3) is 3.20. The second-order valence-electron chi connectivity index (χ2n) is 4.12. The van der Waals surface area contributed by atoms with Gasteiger partial charge in [-0.05, 0) is 43.1 Å². The molecule has 15 heavy (non-hydrogen) atoms. The lowest BCUT2D eigenvalue weighted by atomic mass is 10.3. The van der Waals surface area contributed by atoms with Crippen molar-refractivity contribution in [1.29, 1.82) is 0 Å². The molecule has 1 saturated carbocycles. The summed E-state index contributed by atoms with van der Waals surface area (Å²) in [5.74, 6) is 0.866. The molecule has 0 radical (unpaired) electrons. The van der Waals surface area contributed by atoms with Gasteiger partial charge in [-0.3, -0.25) is 0 Å². The number of thiocarbonyl (C=S) groups is 1. The number of hydrogen-bond acceptors (Lipinski definition) is 1. The predicted octanol–water partition coefficient (Wildman–Crippen LogP) is 2.73. The Kier molecular flexibility index (Phi) is 3.21. The molecule has 1 N–H and O–H groups in total. The average Bonchev–Trinajstić information content (AvgIpc) is 3.03. The van der Waals surface area contributed by atoms with Crippen LogP contribution in [0.1, 0.15) is 12.8 Å². The fourth-order valence-electron chi connectivity index (χ4n) is 1.51. The molecule has 0 unspecified atom stereocenters. The number of anilines is 1. The van der Waals surface area contributed by atoms with Crippen LogP contribution in [-0.2, 0) is 0 Å². The van der Waals surface area contributed by atoms with E-state index in [4.69, 9.17) is 12.2 Å². The minimum atomic E-state index is 0.813. The highest BCUT2D eigenvalue weighted by atomic mass is 32.1. The van der Waals surface area contributed by atoms with E-state index < -0.39 is 0 Å². The van der Waals surface area contributed by atoms with E-state index in [1.165, 1.54) is 12.8 Å². The number of para-hydroxylation sites is 1. The molecule has 0 spiro atoms. The van der Waals surface area contributed by atoms with Crippen molar-refractivity contribution in [2.75, 3.05) is 18.9 Å². The van der Waals surface area contributed by atoms with E-state index in [1.807, 2.05) is 30.3 Å². The summed E-state index contributed by atoms with van der Waals surface area (Å²) in [6.45, 7) is 1.08. The number of nitrogens with one attached hydrogen (secondary N) is 1. The molecule has 1 fully saturated rings. The molecule has 0 bridgehead atoms. The van der Waals surface area contributed by atoms with Crippen LogP contribution in [0.15, 0.2) is 30.3 Å². The van der Waals surface area contributed by atoms with E-state index >= 15 is 0 Å². The van der Waals surface area contributed by atoms with E-state index in [1.54, 1.807) is 0 Å². The zero-order valence-corrected chi connectivity index (χ0v) is 9.76. The van der Waals surface area contributed by atoms with Gasteiger partial charge in [-0.25, -0.2) is 0 Å². The van der Waals surface area contributed by atoms with Crippen LogP contribution in [-0.4, -0.2) is 23.6 Å². The van der Waals surface area contributed by atoms with Crippen LogP contribution < -0.4 is 5.32 Å². The lowest BCUT2D eigenvalue weighted by molar-refractivity contribution is 0.482. The SMILES string of the molecule is CN(CC1CC1)C(=S)Nc1ccccc1. The van der Waals surface area contributed by atoms with Crippen LogP contribution in [0.2, 0.25) is 0 Å². The molecule has 0 aliphatic heterocycles. The van der Waals surface area contributed by atoms with Crippen molar-refractivity contribution >= 4 is 23.0 Å². The van der Waals surface area contributed by atoms with Gasteiger partial charge in [-0.15, -0.1) is 0 Å². The highest BCUT2D eigenvalue weighted by molar-refractivity contribution is 7.80. The summed E-state index contributed by atoms with van der Waals surface area (Å²) in [5.41, 5.74) is 1.06. The van der Waals surface area contributed by atoms with Crippen LogP contribution in [0.25, 0.3) is 0 Å². The maximum atomic E-state index is 5.32. The maximum Gasteiger partial charge on any atom is 0.173 e. The van der Waals surface area contributed by atoms with Crippen molar-refractivity contribution in [3.8, 4) is 0 Å². The van der Waals surface area contributed by atoms with E-state index in [9.17, 15) is 0 Å². The van der Waals surface area contributed by atoms with E-state index in [2.05, 4.69) is 17.3 Å². The Balaban J connectivity index is 1.85. The third-order valence-electron chi connectivity index (χ3n) is 2.60. The fourth-order valence-corrected chi connectivity index (χ4v) is 1.70. The van der Waals surface area contributed by atoms with Crippen molar-refractivity contribution in [2.45, 2.75) is 12.8 Å². The molecule has 1 aliphatic carbocycles. The van der Waals surface area contributed by atoms with Crippen molar-refractivity contribution in [3.05, 3.63) is 30.3 Å². The molecule has 0 heterocycles. The van der Waals surface area contributed by atoms with Crippen molar-refractivity contribution in [1.82, 2.24) is 4.90 Å². The second kappa shape index (κ2) is 4.62. The quantitative estimate of drug-likeness (QED) is 0.789. The van der Waals surface area contributed by atoms with Crippen molar-refractivity contribution in [3.63, 3.8) is 0 Å². The summed E-state index contributed by atoms with van der Waals surface area (Å²) in [5, 5.41) is 4.05. The second-order valence-corrected chi connectivity index (χ2v) is 4.51. The van der Waals surface area contributed by atoms with Gasteiger partial charge in [-0.2, -0.15) is 0 Å². The van der Waals surface area contributed by atoms with Gasteiger partial charge < -0.3 is 10.2 Å². The summed E-state index contributed by atoms with van der Waals surface area (Å²) < 4.78 is 0. The van der Waals surface area contributed by atoms with Crippen LogP contribution in [0.4, 0.5) is 5.69 Å². The highest BCUT2D eigenvalue weighted by Crippen LogP contribution is 2.29. The largest absolute Gasteiger partial charge is 0.352 e. The molecule has 1 aromatic rings. The Morgan fingerprint density at radius 2 is 2.07 bits per heavy atom. The molecule has 0 aromatic heterocycles. The van der Waals surface area contributed by atoms with Crippen LogP contribution >= 0.6 is 12.2 Å². The highest BCUT2D eigenvalue weighted by Gasteiger charge is 2.23. The lowest BCUT2D eigenvalue weighted by Gasteiger charge is -2.20. The fraction of sp³-hybridized carbons (Fsp3) is 0.417. The Hall–Kier alpha value is -1.09. The first-order valence-electron chi connectivity index (χ1n) is 5.33. The molecule has 0 atom stereocenters. The maximum absolute atomic E-state index is 5.32. The van der Waals surface area contributed by atoms with Gasteiger partial charge in [0.25, 0.3) is 0 Å². The average molecular weight is 220 g/mol. The Morgan fingerprint density at radius 3 is 2.67 bits per heavy atom. The first-order valence-corrected chi connectivity index (χ1v) is 5.73. The summed E-state index contributed by atoms with van der Waals surface area (Å²) >= 11 is 5.32. The van der Waals surface area contributed by atoms with E-state index in [-0.39, 0.29) is 0 Å². The van der Waals surface area contributed by atoms with Crippen molar-refractivity contribution in [2.24, 2.45) is 5.92 Å². The van der Waals surface area contributed by atoms with Crippen molar-refractivity contribution < 1.29 is 0 Å². The molecule has 0 amide bonds. The number of nitrogens with zero attached hydrogens (tertiary/aromatic N) is 1. The Labute approximate surface area is 96.3 Å². The monoisotopic (exact) mass is 220 g/mol. The molecule has 2 rings (SSSR count). The first-order chi connectivity index (χ1) is 7.25. The lowest BCUT2D eigenvalue weighted by Crippen LogP contribution is -2.32. The van der Waals surface area contributed by atoms with Gasteiger partial charge in [-0.1, -0.05) is 18.2 Å². The van der Waals surface area contributed by atoms with Crippen LogP contribution in [0.5, 0.6) is 0 Å². The van der Waals surface area contributed by atoms with Gasteiger partial charge in [0, 0.05) is 19.3 Å². The zero-order chi connectivity index (χ0) is 10.7. The van der Waals surface area contributed by atoms with Crippen LogP contribution in [0, 0.1) is 5.92 Å². The van der Waals surface area contributed by atoms with Crippen LogP contribution in [0.3, 0.4) is 0 Å². The molecule has 3 heteroatoms. The summed E-state index contributed by atoms with van der Waals surface area (Å²) in [4.78, 5) is 2.12. The van der Waals surface area contributed by atoms with Gasteiger partial charge in [0.1, 0.15) is 0 Å². The number of benzene rings is 1. The number of rotatable bonds is 3. The zero-order valence-electron chi connectivity index (χ0n) is 8.94. The predicted molar refractivity (Wildman–Crippen MR) is 68.0 cm³/mol. The normalized spacial score (nSPS) is 14.7. The minimum Gasteiger partial charge on any atom is -0.352 e. The van der Waals surface area contributed by atoms with Gasteiger partial charge in [0.05, 0.1) is 0 Å². The Morgan fingerprint density at radius 1 is 1.40 bits per heavy atom. The smallest absolute Gasteiger partial charge is 0.173 e. The molecule has 0 saturated heterocycles. The summed E-state index contributed by atoms with van der Waals surface area (Å²) in [6.07, 6.45) is 2.72. The summed E-state index contributed by atoms with van der Waals surface area (Å²) in [6, 6.07) is 10.1. The molecule has 2 nitrogen and oxygen atoms in total. The molecule has 1 aliphatic rings. The molecular formula is C12H16N2S. The van der Waals surface area contributed by atoms with Gasteiger partial charge in [0.2, 0.25) is 0 Å². The molecular weight excluding hydrogens is 204 g/mol. The van der Waals surface area contributed by atoms with Gasteiger partial charge >= 0.3 is 0 Å². The number of hydrogen-bond donors (Lipinski definition) is 1. The molecule has 80 valence electrons. The molecule has 1 aromatic carbocycles. The first kappa shape index (κ1) is 10.4. The minimum absolute atomic E-state index is 0.813. The van der Waals surface area contributed by atoms with E-state index in [0.717, 1.165) is 23.3 Å². The third-order valence-corrected chi connectivity index (χ3v) is 3.01. The van der Waals surface area contributed by atoms with Gasteiger partial charge in [0.15, 0.2) is 5.11 Å². The van der Waals surface area contributed by atoms with E-state index in [0.29, 0.717) is 0 Å².